The fraction of sp³-hybridized carbons (Fsp3) is 0.105. The van der Waals surface area contributed by atoms with Crippen LogP contribution in [0.2, 0.25) is 0 Å². The topological polar surface area (TPSA) is 26.3 Å². The highest BCUT2D eigenvalue weighted by atomic mass is 16.5. The smallest absolute Gasteiger partial charge is 0.186 e. The second-order valence-electron chi connectivity index (χ2n) is 4.53. The van der Waals surface area contributed by atoms with Crippen LogP contribution in [0, 0.1) is 0 Å². The predicted octanol–water partition coefficient (Wildman–Crippen LogP) is 4.67. The normalized spacial score (nSPS) is 10.5. The fourth-order valence-corrected chi connectivity index (χ4v) is 2.14. The highest BCUT2D eigenvalue weighted by Crippen LogP contribution is 2.20. The highest BCUT2D eigenvalue weighted by Gasteiger charge is 2.07. The Balaban J connectivity index is 2.25. The number of hydrogen-bond donors (Lipinski definition) is 0. The third kappa shape index (κ3) is 3.69. The van der Waals surface area contributed by atoms with E-state index in [1.54, 1.807) is 12.2 Å². The van der Waals surface area contributed by atoms with Crippen molar-refractivity contribution in [2.24, 2.45) is 0 Å². The zero-order valence-corrected chi connectivity index (χ0v) is 12.1. The maximum absolute atomic E-state index is 12.3. The van der Waals surface area contributed by atoms with Gasteiger partial charge >= 0.3 is 0 Å². The second-order valence-corrected chi connectivity index (χ2v) is 4.53. The molecule has 2 aromatic carbocycles. The molecule has 2 nitrogen and oxygen atoms in total. The molecule has 0 heterocycles. The summed E-state index contributed by atoms with van der Waals surface area (Å²) in [6.45, 7) is 5.59. The lowest BCUT2D eigenvalue weighted by Crippen LogP contribution is -1.99. The van der Waals surface area contributed by atoms with Gasteiger partial charge in [0.05, 0.1) is 6.26 Å². The molecule has 0 aliphatic heterocycles. The van der Waals surface area contributed by atoms with Crippen molar-refractivity contribution < 1.29 is 9.53 Å². The number of aryl methyl sites for hydroxylation is 1. The summed E-state index contributed by atoms with van der Waals surface area (Å²) in [5, 5.41) is 0. The van der Waals surface area contributed by atoms with Crippen LogP contribution < -0.4 is 4.74 Å². The lowest BCUT2D eigenvalue weighted by Gasteiger charge is -2.05. The van der Waals surface area contributed by atoms with E-state index in [2.05, 4.69) is 6.58 Å². The van der Waals surface area contributed by atoms with Crippen molar-refractivity contribution in [2.45, 2.75) is 13.3 Å². The van der Waals surface area contributed by atoms with Crippen molar-refractivity contribution in [3.63, 3.8) is 0 Å². The Hall–Kier alpha value is -2.61. The first-order valence-electron chi connectivity index (χ1n) is 6.93. The molecule has 106 valence electrons. The minimum absolute atomic E-state index is 0.000793. The molecule has 0 spiro atoms. The van der Waals surface area contributed by atoms with E-state index in [9.17, 15) is 4.79 Å². The number of ether oxygens (including phenoxy) is 1. The van der Waals surface area contributed by atoms with Crippen molar-refractivity contribution in [1.82, 2.24) is 0 Å². The number of ketones is 1. The van der Waals surface area contributed by atoms with Gasteiger partial charge in [0.25, 0.3) is 0 Å². The van der Waals surface area contributed by atoms with Gasteiger partial charge in [-0.05, 0) is 30.2 Å². The summed E-state index contributed by atoms with van der Waals surface area (Å²) in [6, 6.07) is 15.2. The largest absolute Gasteiger partial charge is 0.465 e. The van der Waals surface area contributed by atoms with Gasteiger partial charge in [0, 0.05) is 11.1 Å². The van der Waals surface area contributed by atoms with Gasteiger partial charge in [0.15, 0.2) is 5.78 Å². The molecule has 0 bridgehead atoms. The van der Waals surface area contributed by atoms with Gasteiger partial charge in [-0.25, -0.2) is 0 Å². The first-order chi connectivity index (χ1) is 10.3. The SMILES string of the molecule is C=COc1ccccc1/C=C/C(=O)c1ccccc1CC. The van der Waals surface area contributed by atoms with Crippen molar-refractivity contribution in [1.29, 1.82) is 0 Å². The summed E-state index contributed by atoms with van der Waals surface area (Å²) in [5.74, 6) is 0.682. The molecule has 0 saturated heterocycles. The highest BCUT2D eigenvalue weighted by molar-refractivity contribution is 6.07. The number of carbonyl (C=O) groups excluding carboxylic acids is 1. The van der Waals surface area contributed by atoms with Crippen LogP contribution in [0.4, 0.5) is 0 Å². The van der Waals surface area contributed by atoms with Crippen molar-refractivity contribution in [2.75, 3.05) is 0 Å². The first kappa shape index (κ1) is 14.8. The van der Waals surface area contributed by atoms with Crippen LogP contribution in [-0.2, 0) is 6.42 Å². The molecule has 0 atom stereocenters. The lowest BCUT2D eigenvalue weighted by molar-refractivity contribution is 0.104. The van der Waals surface area contributed by atoms with E-state index in [1.165, 1.54) is 6.26 Å². The Morgan fingerprint density at radius 1 is 1.14 bits per heavy atom. The van der Waals surface area contributed by atoms with Gasteiger partial charge in [-0.3, -0.25) is 4.79 Å². The van der Waals surface area contributed by atoms with E-state index in [0.29, 0.717) is 5.75 Å². The Bertz CT molecular complexity index is 669. The summed E-state index contributed by atoms with van der Waals surface area (Å²) in [4.78, 5) is 12.3. The predicted molar refractivity (Wildman–Crippen MR) is 86.5 cm³/mol. The number of carbonyl (C=O) groups is 1. The molecule has 0 N–H and O–H groups in total. The Morgan fingerprint density at radius 2 is 1.86 bits per heavy atom. The zero-order valence-electron chi connectivity index (χ0n) is 12.1. The zero-order chi connectivity index (χ0) is 15.1. The number of allylic oxidation sites excluding steroid dienone is 1. The molecule has 0 aliphatic rings. The van der Waals surface area contributed by atoms with Crippen LogP contribution in [0.3, 0.4) is 0 Å². The molecule has 2 rings (SSSR count). The van der Waals surface area contributed by atoms with E-state index in [0.717, 1.165) is 23.1 Å². The van der Waals surface area contributed by atoms with Crippen LogP contribution in [0.1, 0.15) is 28.4 Å². The van der Waals surface area contributed by atoms with Crippen molar-refractivity contribution in [3.8, 4) is 5.75 Å². The number of para-hydroxylation sites is 1. The molecule has 21 heavy (non-hydrogen) atoms. The summed E-state index contributed by atoms with van der Waals surface area (Å²) in [7, 11) is 0. The fourth-order valence-electron chi connectivity index (χ4n) is 2.14. The molecule has 0 unspecified atom stereocenters. The summed E-state index contributed by atoms with van der Waals surface area (Å²) < 4.78 is 5.32. The molecule has 0 fully saturated rings. The average Bonchev–Trinajstić information content (AvgIpc) is 2.54. The van der Waals surface area contributed by atoms with Crippen LogP contribution >= 0.6 is 0 Å². The molecule has 2 aromatic rings. The molecule has 0 amide bonds. The minimum atomic E-state index is 0.000793. The second kappa shape index (κ2) is 7.25. The number of hydrogen-bond acceptors (Lipinski definition) is 2. The first-order valence-corrected chi connectivity index (χ1v) is 6.93. The van der Waals surface area contributed by atoms with E-state index in [4.69, 9.17) is 4.74 Å². The van der Waals surface area contributed by atoms with E-state index in [-0.39, 0.29) is 5.78 Å². The molecule has 0 saturated carbocycles. The summed E-state index contributed by atoms with van der Waals surface area (Å²) in [6.07, 6.45) is 5.57. The number of rotatable bonds is 6. The van der Waals surface area contributed by atoms with Crippen molar-refractivity contribution >= 4 is 11.9 Å². The van der Waals surface area contributed by atoms with Crippen molar-refractivity contribution in [3.05, 3.63) is 84.1 Å². The van der Waals surface area contributed by atoms with Crippen LogP contribution in [0.25, 0.3) is 6.08 Å². The van der Waals surface area contributed by atoms with Gasteiger partial charge in [-0.1, -0.05) is 56.0 Å². The van der Waals surface area contributed by atoms with Gasteiger partial charge in [0.1, 0.15) is 5.75 Å². The standard InChI is InChI=1S/C19H18O2/c1-3-15-9-5-7-11-17(15)18(20)14-13-16-10-6-8-12-19(16)21-4-2/h4-14H,2-3H2,1H3/b14-13+. The Labute approximate surface area is 125 Å². The van der Waals surface area contributed by atoms with E-state index >= 15 is 0 Å². The average molecular weight is 278 g/mol. The maximum atomic E-state index is 12.3. The number of benzene rings is 2. The molecule has 0 aromatic heterocycles. The van der Waals surface area contributed by atoms with Gasteiger partial charge in [-0.2, -0.15) is 0 Å². The molecule has 0 radical (unpaired) electrons. The molecule has 0 aliphatic carbocycles. The third-order valence-electron chi connectivity index (χ3n) is 3.21. The quantitative estimate of drug-likeness (QED) is 0.436. The third-order valence-corrected chi connectivity index (χ3v) is 3.21. The van der Waals surface area contributed by atoms with Gasteiger partial charge in [0.2, 0.25) is 0 Å². The van der Waals surface area contributed by atoms with E-state index < -0.39 is 0 Å². The molecular formula is C19H18O2. The monoisotopic (exact) mass is 278 g/mol. The Morgan fingerprint density at radius 3 is 2.62 bits per heavy atom. The summed E-state index contributed by atoms with van der Waals surface area (Å²) in [5.41, 5.74) is 2.65. The Kier molecular flexibility index (Phi) is 5.10. The lowest BCUT2D eigenvalue weighted by atomic mass is 10.0. The summed E-state index contributed by atoms with van der Waals surface area (Å²) >= 11 is 0. The van der Waals surface area contributed by atoms with Gasteiger partial charge in [-0.15, -0.1) is 0 Å². The minimum Gasteiger partial charge on any atom is -0.465 e. The maximum Gasteiger partial charge on any atom is 0.186 e. The van der Waals surface area contributed by atoms with E-state index in [1.807, 2.05) is 55.5 Å². The van der Waals surface area contributed by atoms with Crippen LogP contribution in [-0.4, -0.2) is 5.78 Å². The molecule has 2 heteroatoms. The van der Waals surface area contributed by atoms with Gasteiger partial charge < -0.3 is 4.74 Å². The van der Waals surface area contributed by atoms with Crippen LogP contribution in [0.5, 0.6) is 5.75 Å². The van der Waals surface area contributed by atoms with Crippen LogP contribution in [0.15, 0.2) is 67.4 Å². The molecular weight excluding hydrogens is 260 g/mol.